The summed E-state index contributed by atoms with van der Waals surface area (Å²) in [5.74, 6) is 0.0763. The highest BCUT2D eigenvalue weighted by Gasteiger charge is 2.38. The van der Waals surface area contributed by atoms with Crippen molar-refractivity contribution in [2.75, 3.05) is 26.4 Å². The van der Waals surface area contributed by atoms with Gasteiger partial charge in [-0.25, -0.2) is 0 Å². The van der Waals surface area contributed by atoms with Crippen molar-refractivity contribution >= 4 is 0 Å². The Balaban J connectivity index is 4.75. The van der Waals surface area contributed by atoms with Gasteiger partial charge in [0.05, 0.1) is 0 Å². The van der Waals surface area contributed by atoms with Crippen molar-refractivity contribution < 1.29 is 14.2 Å². The molecule has 0 saturated heterocycles. The minimum Gasteiger partial charge on any atom is -0.382 e. The third kappa shape index (κ3) is 11.2. The van der Waals surface area contributed by atoms with E-state index in [1.807, 2.05) is 0 Å². The van der Waals surface area contributed by atoms with Gasteiger partial charge in [-0.15, -0.1) is 0 Å². The summed E-state index contributed by atoms with van der Waals surface area (Å²) in [5, 5.41) is 0. The SMILES string of the molecule is CCCCCCCCC(CCCOCC)C(CCC)(OCC)OCC. The predicted octanol–water partition coefficient (Wildman–Crippen LogP) is 6.74. The largest absolute Gasteiger partial charge is 0.382 e. The van der Waals surface area contributed by atoms with Crippen molar-refractivity contribution in [3.63, 3.8) is 0 Å². The quantitative estimate of drug-likeness (QED) is 0.189. The first-order valence-corrected chi connectivity index (χ1v) is 11.1. The summed E-state index contributed by atoms with van der Waals surface area (Å²) in [6, 6.07) is 0. The zero-order valence-electron chi connectivity index (χ0n) is 17.9. The van der Waals surface area contributed by atoms with Gasteiger partial charge in [0.1, 0.15) is 0 Å². The molecule has 0 radical (unpaired) electrons. The van der Waals surface area contributed by atoms with Crippen LogP contribution in [-0.2, 0) is 14.2 Å². The molecular formula is C22H46O3. The fraction of sp³-hybridized carbons (Fsp3) is 1.00. The van der Waals surface area contributed by atoms with Crippen molar-refractivity contribution in [1.29, 1.82) is 0 Å². The molecule has 1 atom stereocenters. The van der Waals surface area contributed by atoms with Crippen LogP contribution in [0.4, 0.5) is 0 Å². The maximum absolute atomic E-state index is 6.26. The van der Waals surface area contributed by atoms with Crippen LogP contribution in [0.3, 0.4) is 0 Å². The summed E-state index contributed by atoms with van der Waals surface area (Å²) in [6.07, 6.45) is 13.6. The van der Waals surface area contributed by atoms with E-state index in [1.165, 1.54) is 44.9 Å². The second-order valence-corrected chi connectivity index (χ2v) is 7.02. The summed E-state index contributed by atoms with van der Waals surface area (Å²) in [4.78, 5) is 0. The van der Waals surface area contributed by atoms with E-state index in [-0.39, 0.29) is 0 Å². The van der Waals surface area contributed by atoms with Gasteiger partial charge in [-0.05, 0) is 40.0 Å². The summed E-state index contributed by atoms with van der Waals surface area (Å²) in [6.45, 7) is 13.8. The summed E-state index contributed by atoms with van der Waals surface area (Å²) < 4.78 is 18.1. The zero-order chi connectivity index (χ0) is 18.8. The molecule has 3 heteroatoms. The molecule has 0 N–H and O–H groups in total. The highest BCUT2D eigenvalue weighted by molar-refractivity contribution is 4.80. The van der Waals surface area contributed by atoms with Gasteiger partial charge in [0, 0.05) is 38.8 Å². The molecule has 0 aromatic carbocycles. The van der Waals surface area contributed by atoms with Crippen LogP contribution >= 0.6 is 0 Å². The number of unbranched alkanes of at least 4 members (excludes halogenated alkanes) is 5. The Morgan fingerprint density at radius 2 is 1.24 bits per heavy atom. The van der Waals surface area contributed by atoms with Crippen molar-refractivity contribution in [2.24, 2.45) is 5.92 Å². The molecule has 0 aliphatic heterocycles. The minimum atomic E-state index is -0.395. The Hall–Kier alpha value is -0.120. The molecule has 152 valence electrons. The minimum absolute atomic E-state index is 0.395. The highest BCUT2D eigenvalue weighted by Crippen LogP contribution is 2.36. The topological polar surface area (TPSA) is 27.7 Å². The maximum atomic E-state index is 6.26. The van der Waals surface area contributed by atoms with E-state index < -0.39 is 5.79 Å². The van der Waals surface area contributed by atoms with Crippen molar-refractivity contribution in [2.45, 2.75) is 111 Å². The van der Waals surface area contributed by atoms with Gasteiger partial charge < -0.3 is 14.2 Å². The van der Waals surface area contributed by atoms with Crippen molar-refractivity contribution in [3.8, 4) is 0 Å². The Bertz CT molecular complexity index is 251. The van der Waals surface area contributed by atoms with Crippen LogP contribution in [0.25, 0.3) is 0 Å². The van der Waals surface area contributed by atoms with Crippen LogP contribution in [0.5, 0.6) is 0 Å². The monoisotopic (exact) mass is 358 g/mol. The van der Waals surface area contributed by atoms with E-state index >= 15 is 0 Å². The van der Waals surface area contributed by atoms with E-state index in [1.54, 1.807) is 0 Å². The number of hydrogen-bond acceptors (Lipinski definition) is 3. The Kier molecular flexibility index (Phi) is 17.2. The fourth-order valence-corrected chi connectivity index (χ4v) is 3.79. The fourth-order valence-electron chi connectivity index (χ4n) is 3.79. The molecule has 25 heavy (non-hydrogen) atoms. The van der Waals surface area contributed by atoms with Gasteiger partial charge in [-0.3, -0.25) is 0 Å². The van der Waals surface area contributed by atoms with Gasteiger partial charge >= 0.3 is 0 Å². The highest BCUT2D eigenvalue weighted by atomic mass is 16.7. The zero-order valence-corrected chi connectivity index (χ0v) is 17.9. The van der Waals surface area contributed by atoms with E-state index in [9.17, 15) is 0 Å². The lowest BCUT2D eigenvalue weighted by Gasteiger charge is -2.40. The molecule has 0 aliphatic carbocycles. The smallest absolute Gasteiger partial charge is 0.170 e. The molecular weight excluding hydrogens is 312 g/mol. The third-order valence-electron chi connectivity index (χ3n) is 4.95. The molecule has 0 rings (SSSR count). The first-order chi connectivity index (χ1) is 12.2. The molecule has 0 spiro atoms. The molecule has 0 aromatic rings. The van der Waals surface area contributed by atoms with Gasteiger partial charge in [-0.1, -0.05) is 58.8 Å². The number of hydrogen-bond donors (Lipinski definition) is 0. The summed E-state index contributed by atoms with van der Waals surface area (Å²) in [7, 11) is 0. The molecule has 3 nitrogen and oxygen atoms in total. The van der Waals surface area contributed by atoms with Crippen LogP contribution in [0.15, 0.2) is 0 Å². The van der Waals surface area contributed by atoms with Crippen molar-refractivity contribution in [3.05, 3.63) is 0 Å². The van der Waals surface area contributed by atoms with E-state index in [2.05, 4.69) is 34.6 Å². The third-order valence-corrected chi connectivity index (χ3v) is 4.95. The Morgan fingerprint density at radius 3 is 1.80 bits per heavy atom. The van der Waals surface area contributed by atoms with Gasteiger partial charge in [0.15, 0.2) is 5.79 Å². The predicted molar refractivity (Wildman–Crippen MR) is 108 cm³/mol. The summed E-state index contributed by atoms with van der Waals surface area (Å²) in [5.41, 5.74) is 0. The molecule has 0 amide bonds. The molecule has 1 unspecified atom stereocenters. The van der Waals surface area contributed by atoms with E-state index in [0.29, 0.717) is 5.92 Å². The molecule has 0 bridgehead atoms. The standard InChI is InChI=1S/C22H46O3/c1-6-11-12-13-14-15-17-21(18-16-20-23-8-3)22(19-7-2,24-9-4)25-10-5/h21H,6-20H2,1-5H3. The van der Waals surface area contributed by atoms with Gasteiger partial charge in [-0.2, -0.15) is 0 Å². The van der Waals surface area contributed by atoms with Crippen LogP contribution in [-0.4, -0.2) is 32.2 Å². The maximum Gasteiger partial charge on any atom is 0.170 e. The van der Waals surface area contributed by atoms with Gasteiger partial charge in [0.2, 0.25) is 0 Å². The number of ether oxygens (including phenoxy) is 3. The molecule has 0 aliphatic rings. The van der Waals surface area contributed by atoms with Crippen LogP contribution < -0.4 is 0 Å². The lowest BCUT2D eigenvalue weighted by atomic mass is 9.85. The lowest BCUT2D eigenvalue weighted by Crippen LogP contribution is -2.44. The average molecular weight is 359 g/mol. The Labute approximate surface area is 158 Å². The molecule has 0 fully saturated rings. The van der Waals surface area contributed by atoms with E-state index in [0.717, 1.165) is 52.1 Å². The first kappa shape index (κ1) is 24.9. The average Bonchev–Trinajstić information content (AvgIpc) is 2.60. The second kappa shape index (κ2) is 17.3. The van der Waals surface area contributed by atoms with E-state index in [4.69, 9.17) is 14.2 Å². The van der Waals surface area contributed by atoms with Gasteiger partial charge in [0.25, 0.3) is 0 Å². The Morgan fingerprint density at radius 1 is 0.640 bits per heavy atom. The second-order valence-electron chi connectivity index (χ2n) is 7.02. The molecule has 0 aromatic heterocycles. The van der Waals surface area contributed by atoms with Crippen molar-refractivity contribution in [1.82, 2.24) is 0 Å². The lowest BCUT2D eigenvalue weighted by molar-refractivity contribution is -0.270. The van der Waals surface area contributed by atoms with Crippen LogP contribution in [0.2, 0.25) is 0 Å². The summed E-state index contributed by atoms with van der Waals surface area (Å²) >= 11 is 0. The van der Waals surface area contributed by atoms with Crippen LogP contribution in [0.1, 0.15) is 105 Å². The van der Waals surface area contributed by atoms with Crippen LogP contribution in [0, 0.1) is 5.92 Å². The normalized spacial score (nSPS) is 13.3. The first-order valence-electron chi connectivity index (χ1n) is 11.1. The molecule has 0 heterocycles. The number of rotatable bonds is 19. The molecule has 0 saturated carbocycles.